The molecule has 0 fully saturated rings. The Labute approximate surface area is 169 Å². The lowest BCUT2D eigenvalue weighted by Crippen LogP contribution is -2.27. The number of benzene rings is 2. The van der Waals surface area contributed by atoms with Crippen LogP contribution < -0.4 is 11.1 Å². The van der Waals surface area contributed by atoms with Gasteiger partial charge < -0.3 is 11.1 Å². The smallest absolute Gasteiger partial charge is 0.224 e. The second-order valence-corrected chi connectivity index (χ2v) is 5.93. The number of hydrogen-bond donors (Lipinski definition) is 2. The number of anilines is 1. The number of nitrogens with two attached hydrogens (primary N) is 1. The highest BCUT2D eigenvalue weighted by Gasteiger charge is 2.08. The lowest BCUT2D eigenvalue weighted by Gasteiger charge is -2.20. The summed E-state index contributed by atoms with van der Waals surface area (Å²) < 4.78 is 0. The van der Waals surface area contributed by atoms with E-state index in [4.69, 9.17) is 5.73 Å². The molecule has 1 amide bonds. The quantitative estimate of drug-likeness (QED) is 0.665. The number of nitrogen functional groups attached to an aromatic ring is 1. The summed E-state index contributed by atoms with van der Waals surface area (Å²) in [7, 11) is 0. The van der Waals surface area contributed by atoms with Crippen LogP contribution in [-0.4, -0.2) is 23.9 Å². The normalized spacial score (nSPS) is 9.96. The van der Waals surface area contributed by atoms with Crippen LogP contribution in [0, 0.1) is 0 Å². The average Bonchev–Trinajstić information content (AvgIpc) is 2.60. The molecule has 0 saturated carbocycles. The first kappa shape index (κ1) is 24.2. The van der Waals surface area contributed by atoms with E-state index >= 15 is 0 Å². The molecule has 26 heavy (non-hydrogen) atoms. The fourth-order valence-electron chi connectivity index (χ4n) is 2.65. The van der Waals surface area contributed by atoms with Crippen molar-refractivity contribution >= 4 is 36.4 Å². The van der Waals surface area contributed by atoms with Crippen LogP contribution >= 0.6 is 24.8 Å². The van der Waals surface area contributed by atoms with E-state index in [0.29, 0.717) is 18.7 Å². The highest BCUT2D eigenvalue weighted by atomic mass is 35.5. The first-order valence-corrected chi connectivity index (χ1v) is 8.52. The molecular formula is C20H29Cl2N3O. The van der Waals surface area contributed by atoms with Crippen LogP contribution in [0.15, 0.2) is 48.5 Å². The summed E-state index contributed by atoms with van der Waals surface area (Å²) >= 11 is 0. The van der Waals surface area contributed by atoms with Crippen LogP contribution in [0.5, 0.6) is 0 Å². The van der Waals surface area contributed by atoms with Crippen LogP contribution in [-0.2, 0) is 24.3 Å². The molecule has 0 radical (unpaired) electrons. The SMILES string of the molecule is CCN(CC)Cc1ccccc1CNC(=O)Cc1ccc(N)cc1.Cl.Cl. The van der Waals surface area contributed by atoms with Gasteiger partial charge in [-0.1, -0.05) is 50.2 Å². The number of carbonyl (C=O) groups excluding carboxylic acids is 1. The number of nitrogens with zero attached hydrogens (tertiary/aromatic N) is 1. The molecule has 144 valence electrons. The highest BCUT2D eigenvalue weighted by Crippen LogP contribution is 2.12. The Hall–Kier alpha value is -1.75. The first-order chi connectivity index (χ1) is 11.6. The summed E-state index contributed by atoms with van der Waals surface area (Å²) in [6, 6.07) is 15.7. The molecule has 0 saturated heterocycles. The van der Waals surface area contributed by atoms with Gasteiger partial charge in [0.1, 0.15) is 0 Å². The fraction of sp³-hybridized carbons (Fsp3) is 0.350. The molecule has 0 aliphatic heterocycles. The Morgan fingerprint density at radius 1 is 0.962 bits per heavy atom. The van der Waals surface area contributed by atoms with Crippen molar-refractivity contribution in [3.8, 4) is 0 Å². The first-order valence-electron chi connectivity index (χ1n) is 8.52. The molecule has 4 nitrogen and oxygen atoms in total. The number of hydrogen-bond acceptors (Lipinski definition) is 3. The molecule has 0 unspecified atom stereocenters. The molecule has 0 aliphatic carbocycles. The van der Waals surface area contributed by atoms with Gasteiger partial charge in [-0.3, -0.25) is 9.69 Å². The van der Waals surface area contributed by atoms with Crippen LogP contribution in [0.2, 0.25) is 0 Å². The number of nitrogens with one attached hydrogen (secondary N) is 1. The van der Waals surface area contributed by atoms with Gasteiger partial charge in [-0.15, -0.1) is 24.8 Å². The molecule has 6 heteroatoms. The summed E-state index contributed by atoms with van der Waals surface area (Å²) in [5.74, 6) is 0.0254. The second-order valence-electron chi connectivity index (χ2n) is 5.93. The van der Waals surface area contributed by atoms with E-state index in [9.17, 15) is 4.79 Å². The minimum Gasteiger partial charge on any atom is -0.399 e. The maximum Gasteiger partial charge on any atom is 0.224 e. The molecule has 0 aliphatic rings. The van der Waals surface area contributed by atoms with E-state index in [2.05, 4.69) is 42.3 Å². The molecular weight excluding hydrogens is 369 g/mol. The molecule has 3 N–H and O–H groups in total. The van der Waals surface area contributed by atoms with Gasteiger partial charge in [0.15, 0.2) is 0 Å². The van der Waals surface area contributed by atoms with Crippen molar-refractivity contribution < 1.29 is 4.79 Å². The van der Waals surface area contributed by atoms with Gasteiger partial charge in [-0.05, 0) is 41.9 Å². The van der Waals surface area contributed by atoms with Crippen molar-refractivity contribution in [3.63, 3.8) is 0 Å². The van der Waals surface area contributed by atoms with Crippen molar-refractivity contribution in [2.75, 3.05) is 18.8 Å². The Morgan fingerprint density at radius 3 is 2.12 bits per heavy atom. The molecule has 2 rings (SSSR count). The predicted molar refractivity (Wildman–Crippen MR) is 114 cm³/mol. The minimum atomic E-state index is 0. The molecule has 2 aromatic carbocycles. The topological polar surface area (TPSA) is 58.4 Å². The zero-order valence-electron chi connectivity index (χ0n) is 15.4. The largest absolute Gasteiger partial charge is 0.399 e. The summed E-state index contributed by atoms with van der Waals surface area (Å²) in [5, 5.41) is 3.02. The molecule has 0 heterocycles. The van der Waals surface area contributed by atoms with Crippen LogP contribution in [0.1, 0.15) is 30.5 Å². The molecule has 0 spiro atoms. The monoisotopic (exact) mass is 397 g/mol. The lowest BCUT2D eigenvalue weighted by molar-refractivity contribution is -0.120. The molecule has 2 aromatic rings. The van der Waals surface area contributed by atoms with Crippen LogP contribution in [0.25, 0.3) is 0 Å². The zero-order valence-corrected chi connectivity index (χ0v) is 17.0. The predicted octanol–water partition coefficient (Wildman–Crippen LogP) is 3.81. The Kier molecular flexibility index (Phi) is 11.7. The Morgan fingerprint density at radius 2 is 1.54 bits per heavy atom. The van der Waals surface area contributed by atoms with E-state index in [1.807, 2.05) is 30.3 Å². The number of carbonyl (C=O) groups is 1. The van der Waals surface area contributed by atoms with Gasteiger partial charge in [0.2, 0.25) is 5.91 Å². The van der Waals surface area contributed by atoms with Gasteiger partial charge >= 0.3 is 0 Å². The molecule has 0 bridgehead atoms. The van der Waals surface area contributed by atoms with Crippen molar-refractivity contribution in [3.05, 3.63) is 65.2 Å². The van der Waals surface area contributed by atoms with E-state index in [1.54, 1.807) is 0 Å². The van der Waals surface area contributed by atoms with Gasteiger partial charge in [0.25, 0.3) is 0 Å². The third-order valence-electron chi connectivity index (χ3n) is 4.23. The van der Waals surface area contributed by atoms with Crippen molar-refractivity contribution in [2.45, 2.75) is 33.4 Å². The van der Waals surface area contributed by atoms with Gasteiger partial charge in [-0.2, -0.15) is 0 Å². The summed E-state index contributed by atoms with van der Waals surface area (Å²) in [6.07, 6.45) is 0.374. The molecule has 0 aromatic heterocycles. The standard InChI is InChI=1S/C20H27N3O.2ClH/c1-3-23(4-2)15-18-8-6-5-7-17(18)14-22-20(24)13-16-9-11-19(21)12-10-16;;/h5-12H,3-4,13-15,21H2,1-2H3,(H,22,24);2*1H. The Balaban J connectivity index is 0.00000312. The number of rotatable bonds is 8. The van der Waals surface area contributed by atoms with Crippen molar-refractivity contribution in [2.24, 2.45) is 0 Å². The maximum atomic E-state index is 12.2. The van der Waals surface area contributed by atoms with Crippen molar-refractivity contribution in [1.82, 2.24) is 10.2 Å². The summed E-state index contributed by atoms with van der Waals surface area (Å²) in [6.45, 7) is 7.85. The van der Waals surface area contributed by atoms with Crippen LogP contribution in [0.3, 0.4) is 0 Å². The van der Waals surface area contributed by atoms with Gasteiger partial charge in [0.05, 0.1) is 6.42 Å². The summed E-state index contributed by atoms with van der Waals surface area (Å²) in [4.78, 5) is 14.5. The van der Waals surface area contributed by atoms with E-state index in [1.165, 1.54) is 11.1 Å². The van der Waals surface area contributed by atoms with E-state index in [0.717, 1.165) is 25.2 Å². The highest BCUT2D eigenvalue weighted by molar-refractivity contribution is 5.85. The lowest BCUT2D eigenvalue weighted by atomic mass is 10.1. The Bertz CT molecular complexity index is 658. The van der Waals surface area contributed by atoms with E-state index < -0.39 is 0 Å². The van der Waals surface area contributed by atoms with Gasteiger partial charge in [0, 0.05) is 18.8 Å². The third-order valence-corrected chi connectivity index (χ3v) is 4.23. The van der Waals surface area contributed by atoms with Crippen LogP contribution in [0.4, 0.5) is 5.69 Å². The fourth-order valence-corrected chi connectivity index (χ4v) is 2.65. The number of halogens is 2. The minimum absolute atomic E-state index is 0. The maximum absolute atomic E-state index is 12.2. The number of amides is 1. The average molecular weight is 398 g/mol. The zero-order chi connectivity index (χ0) is 17.4. The van der Waals surface area contributed by atoms with Crippen molar-refractivity contribution in [1.29, 1.82) is 0 Å². The molecule has 0 atom stereocenters. The van der Waals surface area contributed by atoms with E-state index in [-0.39, 0.29) is 30.7 Å². The third kappa shape index (κ3) is 7.65. The second kappa shape index (κ2) is 12.6. The summed E-state index contributed by atoms with van der Waals surface area (Å²) in [5.41, 5.74) is 9.80. The van der Waals surface area contributed by atoms with Gasteiger partial charge in [-0.25, -0.2) is 0 Å².